The molecule has 1 aliphatic heterocycles. The lowest BCUT2D eigenvalue weighted by Gasteiger charge is -2.36. The van der Waals surface area contributed by atoms with E-state index >= 15 is 0 Å². The van der Waals surface area contributed by atoms with Crippen LogP contribution >= 0.6 is 11.6 Å². The van der Waals surface area contributed by atoms with Crippen molar-refractivity contribution in [3.8, 4) is 0 Å². The zero-order valence-corrected chi connectivity index (χ0v) is 9.84. The Kier molecular flexibility index (Phi) is 2.73. The first-order valence-electron chi connectivity index (χ1n) is 4.95. The number of ether oxygens (including phenoxy) is 1. The van der Waals surface area contributed by atoms with Crippen molar-refractivity contribution >= 4 is 23.7 Å². The van der Waals surface area contributed by atoms with E-state index in [9.17, 15) is 8.78 Å². The van der Waals surface area contributed by atoms with Gasteiger partial charge in [0.2, 0.25) is 0 Å². The van der Waals surface area contributed by atoms with E-state index in [-0.39, 0.29) is 10.6 Å². The van der Waals surface area contributed by atoms with Gasteiger partial charge in [-0.2, -0.15) is 8.78 Å². The highest BCUT2D eigenvalue weighted by Gasteiger charge is 2.54. The summed E-state index contributed by atoms with van der Waals surface area (Å²) >= 11 is 5.94. The molecule has 0 amide bonds. The first kappa shape index (κ1) is 12.1. The van der Waals surface area contributed by atoms with Gasteiger partial charge < -0.3 is 10.5 Å². The van der Waals surface area contributed by atoms with Crippen LogP contribution in [-0.4, -0.2) is 18.9 Å². The summed E-state index contributed by atoms with van der Waals surface area (Å²) in [7, 11) is 0. The normalized spacial score (nSPS) is 26.6. The Hall–Kier alpha value is -1.36. The lowest BCUT2D eigenvalue weighted by molar-refractivity contribution is -0.113. The maximum atomic E-state index is 13.9. The zero-order valence-electron chi connectivity index (χ0n) is 9.08. The molecule has 0 spiro atoms. The van der Waals surface area contributed by atoms with E-state index in [0.29, 0.717) is 5.69 Å². The smallest absolute Gasteiger partial charge is 0.309 e. The first-order chi connectivity index (χ1) is 7.87. The predicted molar refractivity (Wildman–Crippen MR) is 62.6 cm³/mol. The fraction of sp³-hybridized carbons (Fsp3) is 0.364. The molecule has 1 heterocycles. The van der Waals surface area contributed by atoms with Gasteiger partial charge in [-0.25, -0.2) is 4.99 Å². The minimum atomic E-state index is -3.14. The summed E-state index contributed by atoms with van der Waals surface area (Å²) in [5.74, 6) is -3.14. The number of alkyl halides is 2. The number of nitrogens with zero attached hydrogens (tertiary/aromatic N) is 1. The predicted octanol–water partition coefficient (Wildman–Crippen LogP) is 2.83. The summed E-state index contributed by atoms with van der Waals surface area (Å²) in [5, 5.41) is 0.209. The van der Waals surface area contributed by atoms with Crippen LogP contribution in [0.15, 0.2) is 23.2 Å². The average molecular weight is 261 g/mol. The van der Waals surface area contributed by atoms with Crippen molar-refractivity contribution in [1.82, 2.24) is 0 Å². The Balaban J connectivity index is 2.60. The van der Waals surface area contributed by atoms with Crippen LogP contribution in [0.1, 0.15) is 12.5 Å². The van der Waals surface area contributed by atoms with E-state index in [1.807, 2.05) is 0 Å². The molecular weight excluding hydrogens is 250 g/mol. The van der Waals surface area contributed by atoms with Crippen LogP contribution < -0.4 is 5.73 Å². The summed E-state index contributed by atoms with van der Waals surface area (Å²) in [5.41, 5.74) is 4.40. The van der Waals surface area contributed by atoms with Gasteiger partial charge in [0.15, 0.2) is 18.5 Å². The highest BCUT2D eigenvalue weighted by Crippen LogP contribution is 2.45. The van der Waals surface area contributed by atoms with Gasteiger partial charge in [-0.05, 0) is 25.1 Å². The van der Waals surface area contributed by atoms with Gasteiger partial charge in [-0.3, -0.25) is 0 Å². The van der Waals surface area contributed by atoms with Crippen LogP contribution in [0.5, 0.6) is 0 Å². The number of rotatable bonds is 1. The van der Waals surface area contributed by atoms with Crippen molar-refractivity contribution in [1.29, 1.82) is 0 Å². The fourth-order valence-corrected chi connectivity index (χ4v) is 2.00. The number of halogens is 3. The maximum Gasteiger partial charge on any atom is 0.309 e. The number of hydrogen-bond donors (Lipinski definition) is 1. The van der Waals surface area contributed by atoms with Crippen LogP contribution in [0.3, 0.4) is 0 Å². The molecule has 0 fully saturated rings. The third-order valence-corrected chi connectivity index (χ3v) is 3.21. The summed E-state index contributed by atoms with van der Waals surface area (Å²) in [6, 6.07) is 4.45. The molecule has 0 saturated heterocycles. The Bertz CT molecular complexity index is 479. The number of nitrogen functional groups attached to an aromatic ring is 1. The first-order valence-corrected chi connectivity index (χ1v) is 5.33. The number of hydrogen-bond acceptors (Lipinski definition) is 3. The molecule has 1 aromatic carbocycles. The number of nitrogens with two attached hydrogens (primary N) is 1. The second kappa shape index (κ2) is 3.84. The minimum Gasteiger partial charge on any atom is -0.477 e. The Labute approximate surface area is 102 Å². The molecule has 0 aliphatic carbocycles. The van der Waals surface area contributed by atoms with Gasteiger partial charge in [0.25, 0.3) is 0 Å². The van der Waals surface area contributed by atoms with Crippen molar-refractivity contribution in [3.63, 3.8) is 0 Å². The summed E-state index contributed by atoms with van der Waals surface area (Å²) in [6.45, 7) is 0.588. The molecule has 2 N–H and O–H groups in total. The van der Waals surface area contributed by atoms with Crippen LogP contribution in [0, 0.1) is 0 Å². The molecule has 0 radical (unpaired) electrons. The molecule has 3 nitrogen and oxygen atoms in total. The molecule has 0 unspecified atom stereocenters. The van der Waals surface area contributed by atoms with Crippen molar-refractivity contribution in [2.24, 2.45) is 4.99 Å². The lowest BCUT2D eigenvalue weighted by Crippen LogP contribution is -2.47. The van der Waals surface area contributed by atoms with E-state index in [2.05, 4.69) is 9.73 Å². The second-order valence-corrected chi connectivity index (χ2v) is 4.47. The highest BCUT2D eigenvalue weighted by molar-refractivity contribution is 6.31. The molecule has 0 saturated carbocycles. The zero-order chi connectivity index (χ0) is 12.7. The fourth-order valence-electron chi connectivity index (χ4n) is 1.70. The van der Waals surface area contributed by atoms with Crippen molar-refractivity contribution in [2.45, 2.75) is 18.4 Å². The van der Waals surface area contributed by atoms with E-state index < -0.39 is 18.1 Å². The van der Waals surface area contributed by atoms with Crippen molar-refractivity contribution in [3.05, 3.63) is 28.8 Å². The average Bonchev–Trinajstić information content (AvgIpc) is 2.26. The monoisotopic (exact) mass is 260 g/mol. The third-order valence-electron chi connectivity index (χ3n) is 2.88. The topological polar surface area (TPSA) is 47.6 Å². The number of benzene rings is 1. The van der Waals surface area contributed by atoms with Crippen LogP contribution in [0.2, 0.25) is 5.02 Å². The van der Waals surface area contributed by atoms with E-state index in [1.54, 1.807) is 6.07 Å². The quantitative estimate of drug-likeness (QED) is 0.790. The van der Waals surface area contributed by atoms with Gasteiger partial charge >= 0.3 is 5.92 Å². The summed E-state index contributed by atoms with van der Waals surface area (Å²) in [6.07, 6.45) is 1.02. The standard InChI is InChI=1S/C11H11ClF2N2O/c1-10(11(13,14)5-17-6-16-10)8-4-7(15)2-3-9(8)12/h2-4,6H,5,15H2,1H3/t10-/m1/s1. The lowest BCUT2D eigenvalue weighted by atomic mass is 9.85. The summed E-state index contributed by atoms with van der Waals surface area (Å²) in [4.78, 5) is 3.75. The van der Waals surface area contributed by atoms with Crippen molar-refractivity contribution < 1.29 is 13.5 Å². The van der Waals surface area contributed by atoms with Gasteiger partial charge in [0, 0.05) is 16.3 Å². The molecule has 6 heteroatoms. The van der Waals surface area contributed by atoms with E-state index in [0.717, 1.165) is 6.40 Å². The Morgan fingerprint density at radius 3 is 2.82 bits per heavy atom. The van der Waals surface area contributed by atoms with Gasteiger partial charge in [0.1, 0.15) is 0 Å². The van der Waals surface area contributed by atoms with E-state index in [4.69, 9.17) is 17.3 Å². The number of aliphatic imine (C=N–C) groups is 1. The van der Waals surface area contributed by atoms with Crippen LogP contribution in [-0.2, 0) is 10.3 Å². The Morgan fingerprint density at radius 2 is 2.18 bits per heavy atom. The molecule has 0 aromatic heterocycles. The van der Waals surface area contributed by atoms with E-state index in [1.165, 1.54) is 19.1 Å². The largest absolute Gasteiger partial charge is 0.477 e. The molecule has 92 valence electrons. The third kappa shape index (κ3) is 1.84. The van der Waals surface area contributed by atoms with Gasteiger partial charge in [0.05, 0.1) is 0 Å². The van der Waals surface area contributed by atoms with Crippen LogP contribution in [0.25, 0.3) is 0 Å². The molecule has 0 bridgehead atoms. The molecule has 2 rings (SSSR count). The second-order valence-electron chi connectivity index (χ2n) is 4.06. The molecule has 1 atom stereocenters. The SMILES string of the molecule is C[C@]1(c2cc(N)ccc2Cl)N=COCC1(F)F. The Morgan fingerprint density at radius 1 is 1.47 bits per heavy atom. The van der Waals surface area contributed by atoms with Crippen LogP contribution in [0.4, 0.5) is 14.5 Å². The van der Waals surface area contributed by atoms with Gasteiger partial charge in [-0.15, -0.1) is 0 Å². The molecule has 17 heavy (non-hydrogen) atoms. The number of anilines is 1. The van der Waals surface area contributed by atoms with Gasteiger partial charge in [-0.1, -0.05) is 11.6 Å². The van der Waals surface area contributed by atoms with Crippen molar-refractivity contribution in [2.75, 3.05) is 12.3 Å². The summed E-state index contributed by atoms with van der Waals surface area (Å²) < 4.78 is 32.4. The molecular formula is C11H11ClF2N2O. The highest BCUT2D eigenvalue weighted by atomic mass is 35.5. The maximum absolute atomic E-state index is 13.9. The molecule has 1 aliphatic rings. The minimum absolute atomic E-state index is 0.198. The molecule has 1 aromatic rings.